The van der Waals surface area contributed by atoms with Crippen LogP contribution in [0.3, 0.4) is 0 Å². The van der Waals surface area contributed by atoms with E-state index in [0.717, 1.165) is 0 Å². The summed E-state index contributed by atoms with van der Waals surface area (Å²) >= 11 is 0. The molecule has 0 atom stereocenters. The summed E-state index contributed by atoms with van der Waals surface area (Å²) in [5.74, 6) is -1.86. The molecule has 1 fully saturated rings. The number of carboxylic acid groups (broad SMARTS) is 1. The molecule has 3 N–H and O–H groups in total. The van der Waals surface area contributed by atoms with Crippen LogP contribution in [0.2, 0.25) is 0 Å². The van der Waals surface area contributed by atoms with Crippen LogP contribution in [0.15, 0.2) is 0 Å². The first kappa shape index (κ1) is 15.4. The van der Waals surface area contributed by atoms with Crippen LogP contribution in [0.25, 0.3) is 0 Å². The van der Waals surface area contributed by atoms with Crippen molar-refractivity contribution in [2.24, 2.45) is 0 Å². The quantitative estimate of drug-likeness (QED) is 0.621. The van der Waals surface area contributed by atoms with Crippen molar-refractivity contribution < 1.29 is 29.0 Å². The SMILES string of the molecule is CC1(NC(=O)NC(=O)COCC(=O)O)CCOCC1. The highest BCUT2D eigenvalue weighted by molar-refractivity contribution is 5.95. The minimum Gasteiger partial charge on any atom is -0.480 e. The number of carboxylic acids is 1. The van der Waals surface area contributed by atoms with Crippen LogP contribution < -0.4 is 10.6 Å². The maximum Gasteiger partial charge on any atom is 0.329 e. The van der Waals surface area contributed by atoms with Crippen LogP contribution in [-0.2, 0) is 19.1 Å². The Balaban J connectivity index is 2.26. The Morgan fingerprint density at radius 2 is 1.89 bits per heavy atom. The van der Waals surface area contributed by atoms with Crippen molar-refractivity contribution in [3.8, 4) is 0 Å². The molecular weight excluding hydrogens is 256 g/mol. The maximum absolute atomic E-state index is 11.6. The number of rotatable bonds is 5. The van der Waals surface area contributed by atoms with E-state index in [1.54, 1.807) is 0 Å². The molecule has 1 rings (SSSR count). The van der Waals surface area contributed by atoms with Gasteiger partial charge in [0, 0.05) is 18.8 Å². The van der Waals surface area contributed by atoms with Gasteiger partial charge in [0.1, 0.15) is 13.2 Å². The molecule has 0 radical (unpaired) electrons. The fourth-order valence-corrected chi connectivity index (χ4v) is 1.65. The Hall–Kier alpha value is -1.67. The molecule has 1 saturated heterocycles. The first-order chi connectivity index (χ1) is 8.91. The molecule has 0 aromatic carbocycles. The number of aliphatic carboxylic acids is 1. The van der Waals surface area contributed by atoms with Gasteiger partial charge in [0.05, 0.1) is 0 Å². The van der Waals surface area contributed by atoms with Gasteiger partial charge in [0.15, 0.2) is 0 Å². The highest BCUT2D eigenvalue weighted by Gasteiger charge is 2.29. The Bertz CT molecular complexity index is 351. The first-order valence-corrected chi connectivity index (χ1v) is 5.90. The van der Waals surface area contributed by atoms with Crippen LogP contribution in [-0.4, -0.2) is 55.0 Å². The Morgan fingerprint density at radius 3 is 2.47 bits per heavy atom. The summed E-state index contributed by atoms with van der Waals surface area (Å²) < 4.78 is 9.75. The van der Waals surface area contributed by atoms with Gasteiger partial charge < -0.3 is 19.9 Å². The normalized spacial score (nSPS) is 17.5. The molecule has 1 aliphatic heterocycles. The van der Waals surface area contributed by atoms with Gasteiger partial charge in [-0.3, -0.25) is 10.1 Å². The van der Waals surface area contributed by atoms with Crippen LogP contribution in [0.4, 0.5) is 4.79 Å². The molecule has 0 saturated carbocycles. The molecule has 8 heteroatoms. The van der Waals surface area contributed by atoms with Crippen molar-refractivity contribution in [1.82, 2.24) is 10.6 Å². The molecule has 108 valence electrons. The minimum absolute atomic E-state index is 0.398. The number of carbonyl (C=O) groups is 3. The molecule has 19 heavy (non-hydrogen) atoms. The van der Waals surface area contributed by atoms with Gasteiger partial charge in [0.25, 0.3) is 5.91 Å². The van der Waals surface area contributed by atoms with Crippen molar-refractivity contribution in [2.75, 3.05) is 26.4 Å². The Labute approximate surface area is 110 Å². The lowest BCUT2D eigenvalue weighted by Crippen LogP contribution is -2.54. The number of nitrogens with one attached hydrogen (secondary N) is 2. The predicted octanol–water partition coefficient (Wildman–Crippen LogP) is -0.517. The Morgan fingerprint density at radius 1 is 1.26 bits per heavy atom. The molecule has 0 aliphatic carbocycles. The number of hydrogen-bond acceptors (Lipinski definition) is 5. The van der Waals surface area contributed by atoms with Gasteiger partial charge >= 0.3 is 12.0 Å². The van der Waals surface area contributed by atoms with Gasteiger partial charge in [-0.05, 0) is 19.8 Å². The van der Waals surface area contributed by atoms with E-state index in [-0.39, 0.29) is 0 Å². The van der Waals surface area contributed by atoms with Crippen molar-refractivity contribution in [3.05, 3.63) is 0 Å². The molecule has 0 aromatic heterocycles. The van der Waals surface area contributed by atoms with Gasteiger partial charge in [0.2, 0.25) is 0 Å². The van der Waals surface area contributed by atoms with E-state index < -0.39 is 36.7 Å². The van der Waals surface area contributed by atoms with Gasteiger partial charge in [-0.25, -0.2) is 9.59 Å². The summed E-state index contributed by atoms with van der Waals surface area (Å²) in [6.45, 7) is 1.95. The molecular formula is C11H18N2O6. The van der Waals surface area contributed by atoms with Gasteiger partial charge in [-0.15, -0.1) is 0 Å². The number of ether oxygens (including phenoxy) is 2. The topological polar surface area (TPSA) is 114 Å². The largest absolute Gasteiger partial charge is 0.480 e. The van der Waals surface area contributed by atoms with Gasteiger partial charge in [-0.1, -0.05) is 0 Å². The summed E-state index contributed by atoms with van der Waals surface area (Å²) in [4.78, 5) is 33.0. The summed E-state index contributed by atoms with van der Waals surface area (Å²) in [5.41, 5.74) is -0.398. The van der Waals surface area contributed by atoms with Crippen LogP contribution in [0.5, 0.6) is 0 Å². The Kier molecular flexibility index (Phi) is 5.71. The van der Waals surface area contributed by atoms with Crippen LogP contribution >= 0.6 is 0 Å². The van der Waals surface area contributed by atoms with E-state index in [0.29, 0.717) is 26.1 Å². The monoisotopic (exact) mass is 274 g/mol. The van der Waals surface area contributed by atoms with Gasteiger partial charge in [-0.2, -0.15) is 0 Å². The number of carbonyl (C=O) groups excluding carboxylic acids is 2. The summed E-state index contributed by atoms with van der Waals surface area (Å²) in [6.07, 6.45) is 1.34. The van der Waals surface area contributed by atoms with E-state index in [4.69, 9.17) is 9.84 Å². The standard InChI is InChI=1S/C11H18N2O6/c1-11(2-4-18-5-3-11)13-10(17)12-8(14)6-19-7-9(15)16/h2-7H2,1H3,(H,15,16)(H2,12,13,14,17). The third-order valence-electron chi connectivity index (χ3n) is 2.72. The third-order valence-corrected chi connectivity index (χ3v) is 2.72. The molecule has 3 amide bonds. The second-order valence-corrected chi connectivity index (χ2v) is 4.56. The summed E-state index contributed by atoms with van der Waals surface area (Å²) in [5, 5.41) is 13.1. The van der Waals surface area contributed by atoms with Crippen molar-refractivity contribution in [1.29, 1.82) is 0 Å². The fourth-order valence-electron chi connectivity index (χ4n) is 1.65. The highest BCUT2D eigenvalue weighted by Crippen LogP contribution is 2.19. The third kappa shape index (κ3) is 6.16. The zero-order chi connectivity index (χ0) is 14.3. The summed E-state index contributed by atoms with van der Waals surface area (Å²) in [7, 11) is 0. The molecule has 0 unspecified atom stereocenters. The number of hydrogen-bond donors (Lipinski definition) is 3. The summed E-state index contributed by atoms with van der Waals surface area (Å²) in [6, 6.07) is -0.617. The smallest absolute Gasteiger partial charge is 0.329 e. The van der Waals surface area contributed by atoms with Crippen molar-refractivity contribution >= 4 is 17.9 Å². The van der Waals surface area contributed by atoms with Crippen LogP contribution in [0, 0.1) is 0 Å². The van der Waals surface area contributed by atoms with Crippen molar-refractivity contribution in [3.63, 3.8) is 0 Å². The zero-order valence-electron chi connectivity index (χ0n) is 10.7. The molecule has 1 heterocycles. The number of urea groups is 1. The van der Waals surface area contributed by atoms with E-state index in [1.807, 2.05) is 6.92 Å². The lowest BCUT2D eigenvalue weighted by atomic mass is 9.93. The van der Waals surface area contributed by atoms with E-state index in [2.05, 4.69) is 15.4 Å². The lowest BCUT2D eigenvalue weighted by molar-refractivity contribution is -0.143. The van der Waals surface area contributed by atoms with Crippen LogP contribution in [0.1, 0.15) is 19.8 Å². The lowest BCUT2D eigenvalue weighted by Gasteiger charge is -2.34. The molecule has 0 spiro atoms. The zero-order valence-corrected chi connectivity index (χ0v) is 10.7. The van der Waals surface area contributed by atoms with Crippen molar-refractivity contribution in [2.45, 2.75) is 25.3 Å². The second kappa shape index (κ2) is 7.05. The minimum atomic E-state index is -1.17. The number of imide groups is 1. The maximum atomic E-state index is 11.6. The highest BCUT2D eigenvalue weighted by atomic mass is 16.5. The molecule has 0 aromatic rings. The van der Waals surface area contributed by atoms with E-state index in [9.17, 15) is 14.4 Å². The second-order valence-electron chi connectivity index (χ2n) is 4.56. The average molecular weight is 274 g/mol. The fraction of sp³-hybridized carbons (Fsp3) is 0.727. The molecule has 8 nitrogen and oxygen atoms in total. The average Bonchev–Trinajstić information content (AvgIpc) is 2.28. The molecule has 1 aliphatic rings. The first-order valence-electron chi connectivity index (χ1n) is 5.90. The van der Waals surface area contributed by atoms with E-state index >= 15 is 0 Å². The predicted molar refractivity (Wildman–Crippen MR) is 63.6 cm³/mol. The van der Waals surface area contributed by atoms with E-state index in [1.165, 1.54) is 0 Å². The number of amides is 3. The molecule has 0 bridgehead atoms.